The summed E-state index contributed by atoms with van der Waals surface area (Å²) in [6, 6.07) is 8.16. The van der Waals surface area contributed by atoms with Crippen molar-refractivity contribution in [3.8, 4) is 0 Å². The van der Waals surface area contributed by atoms with Crippen LogP contribution in [-0.4, -0.2) is 61.3 Å². The van der Waals surface area contributed by atoms with E-state index >= 15 is 0 Å². The van der Waals surface area contributed by atoms with Crippen molar-refractivity contribution in [2.24, 2.45) is 5.92 Å². The maximum absolute atomic E-state index is 14.2. The summed E-state index contributed by atoms with van der Waals surface area (Å²) in [5.74, 6) is -2.15. The Balaban J connectivity index is 1.68. The van der Waals surface area contributed by atoms with Crippen LogP contribution in [-0.2, 0) is 26.7 Å². The van der Waals surface area contributed by atoms with E-state index in [-0.39, 0.29) is 37.7 Å². The Hall–Kier alpha value is -3.19. The van der Waals surface area contributed by atoms with E-state index in [0.717, 1.165) is 24.3 Å². The SMILES string of the molecule is O=C(O)[C@@H]1CCCN(c2cccc(Sc3ccc(C=CC(=O)N4CCOCC4)c(C(F)(F)F)c3C(F)(F)F)c2)C1. The fourth-order valence-corrected chi connectivity index (χ4v) is 5.78. The molecule has 2 aromatic carbocycles. The highest BCUT2D eigenvalue weighted by molar-refractivity contribution is 7.99. The second kappa shape index (κ2) is 12.1. The molecule has 1 N–H and O–H groups in total. The summed E-state index contributed by atoms with van der Waals surface area (Å²) in [4.78, 5) is 26.6. The maximum Gasteiger partial charge on any atom is 0.418 e. The molecule has 2 heterocycles. The number of hydrogen-bond donors (Lipinski definition) is 1. The summed E-state index contributed by atoms with van der Waals surface area (Å²) >= 11 is 0.536. The summed E-state index contributed by atoms with van der Waals surface area (Å²) in [5.41, 5.74) is -3.90. The first-order valence-electron chi connectivity index (χ1n) is 12.5. The van der Waals surface area contributed by atoms with Gasteiger partial charge in [0.2, 0.25) is 5.91 Å². The zero-order valence-corrected chi connectivity index (χ0v) is 21.9. The van der Waals surface area contributed by atoms with Gasteiger partial charge in [-0.3, -0.25) is 9.59 Å². The molecular weight excluding hydrogens is 562 g/mol. The molecule has 0 aliphatic carbocycles. The number of anilines is 1. The highest BCUT2D eigenvalue weighted by Crippen LogP contribution is 2.48. The average molecular weight is 589 g/mol. The van der Waals surface area contributed by atoms with Gasteiger partial charge in [-0.2, -0.15) is 26.3 Å². The van der Waals surface area contributed by atoms with Crippen molar-refractivity contribution in [1.29, 1.82) is 0 Å². The quantitative estimate of drug-likeness (QED) is 0.328. The lowest BCUT2D eigenvalue weighted by Gasteiger charge is -2.32. The van der Waals surface area contributed by atoms with Crippen LogP contribution in [0.5, 0.6) is 0 Å². The van der Waals surface area contributed by atoms with Crippen molar-refractivity contribution in [2.75, 3.05) is 44.3 Å². The normalized spacial score (nSPS) is 18.8. The average Bonchev–Trinajstić information content (AvgIpc) is 2.91. The molecule has 0 spiro atoms. The zero-order chi connectivity index (χ0) is 29.1. The molecule has 0 bridgehead atoms. The van der Waals surface area contributed by atoms with Gasteiger partial charge in [-0.25, -0.2) is 0 Å². The van der Waals surface area contributed by atoms with E-state index in [4.69, 9.17) is 4.74 Å². The number of alkyl halides is 6. The number of piperidine rings is 1. The number of halogens is 6. The van der Waals surface area contributed by atoms with Crippen LogP contribution in [0.2, 0.25) is 0 Å². The molecule has 2 saturated heterocycles. The molecule has 1 amide bonds. The lowest BCUT2D eigenvalue weighted by Crippen LogP contribution is -2.39. The summed E-state index contributed by atoms with van der Waals surface area (Å²) in [7, 11) is 0. The molecule has 1 atom stereocenters. The minimum Gasteiger partial charge on any atom is -0.481 e. The third kappa shape index (κ3) is 7.11. The van der Waals surface area contributed by atoms with Crippen LogP contribution in [0.25, 0.3) is 6.08 Å². The fraction of sp³-hybridized carbons (Fsp3) is 0.407. The predicted molar refractivity (Wildman–Crippen MR) is 136 cm³/mol. The minimum absolute atomic E-state index is 0.222. The molecule has 2 aromatic rings. The van der Waals surface area contributed by atoms with Gasteiger partial charge in [0.15, 0.2) is 0 Å². The molecule has 2 aliphatic rings. The summed E-state index contributed by atoms with van der Waals surface area (Å²) in [6.07, 6.45) is -7.97. The van der Waals surface area contributed by atoms with Crippen LogP contribution < -0.4 is 4.90 Å². The Morgan fingerprint density at radius 2 is 1.68 bits per heavy atom. The Morgan fingerprint density at radius 1 is 0.975 bits per heavy atom. The van der Waals surface area contributed by atoms with Gasteiger partial charge in [-0.1, -0.05) is 23.9 Å². The monoisotopic (exact) mass is 588 g/mol. The number of aliphatic carboxylic acids is 1. The van der Waals surface area contributed by atoms with Crippen LogP contribution in [0.1, 0.15) is 29.5 Å². The van der Waals surface area contributed by atoms with Crippen LogP contribution in [0.15, 0.2) is 52.3 Å². The third-order valence-electron chi connectivity index (χ3n) is 6.68. The van der Waals surface area contributed by atoms with Gasteiger partial charge in [0, 0.05) is 47.7 Å². The Labute approximate surface area is 230 Å². The highest BCUT2D eigenvalue weighted by Gasteiger charge is 2.46. The highest BCUT2D eigenvalue weighted by atomic mass is 32.2. The number of carboxylic acids is 1. The van der Waals surface area contributed by atoms with E-state index in [1.54, 1.807) is 17.0 Å². The Bertz CT molecular complexity index is 1270. The number of ether oxygens (including phenoxy) is 1. The predicted octanol–water partition coefficient (Wildman–Crippen LogP) is 6.05. The summed E-state index contributed by atoms with van der Waals surface area (Å²) in [5, 5.41) is 9.35. The van der Waals surface area contributed by atoms with E-state index in [9.17, 15) is 41.0 Å². The fourth-order valence-electron chi connectivity index (χ4n) is 4.74. The minimum atomic E-state index is -5.36. The topological polar surface area (TPSA) is 70.1 Å². The largest absolute Gasteiger partial charge is 0.481 e. The van der Waals surface area contributed by atoms with Gasteiger partial charge in [0.25, 0.3) is 0 Å². The van der Waals surface area contributed by atoms with Crippen molar-refractivity contribution in [3.05, 3.63) is 59.2 Å². The first-order chi connectivity index (χ1) is 18.8. The van der Waals surface area contributed by atoms with E-state index in [1.165, 1.54) is 17.0 Å². The first-order valence-corrected chi connectivity index (χ1v) is 13.3. The van der Waals surface area contributed by atoms with Gasteiger partial charge >= 0.3 is 18.3 Å². The number of carboxylic acid groups (broad SMARTS) is 1. The number of nitrogens with zero attached hydrogens (tertiary/aromatic N) is 2. The van der Waals surface area contributed by atoms with E-state index in [1.807, 2.05) is 0 Å². The van der Waals surface area contributed by atoms with Crippen molar-refractivity contribution in [2.45, 2.75) is 35.0 Å². The molecule has 216 valence electrons. The standard InChI is InChI=1S/C27H26F6N2O4S/c28-26(29,30)23-17(7-9-22(36)34-11-13-39-14-12-34)6-8-21(24(23)27(31,32)33)40-20-5-1-4-19(15-20)35-10-2-3-18(16-35)25(37)38/h1,4-9,15,18H,2-3,10-14,16H2,(H,37,38)/t18-/m1/s1. The molecule has 6 nitrogen and oxygen atoms in total. The molecule has 4 rings (SSSR count). The molecule has 2 aliphatic heterocycles. The molecule has 2 fully saturated rings. The number of carbonyl (C=O) groups excluding carboxylic acids is 1. The van der Waals surface area contributed by atoms with Gasteiger partial charge in [0.1, 0.15) is 0 Å². The number of hydrogen-bond acceptors (Lipinski definition) is 5. The summed E-state index contributed by atoms with van der Waals surface area (Å²) in [6.45, 7) is 1.75. The van der Waals surface area contributed by atoms with Gasteiger partial charge in [0.05, 0.1) is 30.3 Å². The molecular formula is C27H26F6N2O4S. The number of morpholine rings is 1. The maximum atomic E-state index is 14.2. The van der Waals surface area contributed by atoms with Crippen molar-refractivity contribution >= 4 is 35.4 Å². The molecule has 40 heavy (non-hydrogen) atoms. The van der Waals surface area contributed by atoms with Crippen molar-refractivity contribution in [3.63, 3.8) is 0 Å². The van der Waals surface area contributed by atoms with Crippen molar-refractivity contribution in [1.82, 2.24) is 4.90 Å². The summed E-state index contributed by atoms with van der Waals surface area (Å²) < 4.78 is 90.2. The molecule has 0 radical (unpaired) electrons. The molecule has 0 saturated carbocycles. The van der Waals surface area contributed by atoms with Gasteiger partial charge < -0.3 is 19.6 Å². The smallest absolute Gasteiger partial charge is 0.418 e. The Kier molecular flexibility index (Phi) is 9.03. The van der Waals surface area contributed by atoms with Crippen LogP contribution in [0.3, 0.4) is 0 Å². The van der Waals surface area contributed by atoms with E-state index < -0.39 is 51.7 Å². The van der Waals surface area contributed by atoms with Crippen molar-refractivity contribution < 1.29 is 45.8 Å². The molecule has 0 unspecified atom stereocenters. The number of carbonyl (C=O) groups is 2. The molecule has 13 heteroatoms. The number of benzene rings is 2. The van der Waals surface area contributed by atoms with E-state index in [2.05, 4.69) is 0 Å². The second-order valence-electron chi connectivity index (χ2n) is 9.39. The van der Waals surface area contributed by atoms with Crippen LogP contribution in [0.4, 0.5) is 32.0 Å². The van der Waals surface area contributed by atoms with Crippen LogP contribution >= 0.6 is 11.8 Å². The molecule has 0 aromatic heterocycles. The number of rotatable bonds is 6. The second-order valence-corrected chi connectivity index (χ2v) is 10.5. The van der Waals surface area contributed by atoms with E-state index in [0.29, 0.717) is 36.8 Å². The third-order valence-corrected chi connectivity index (χ3v) is 7.73. The zero-order valence-electron chi connectivity index (χ0n) is 21.1. The van der Waals surface area contributed by atoms with Crippen LogP contribution in [0, 0.1) is 5.92 Å². The first kappa shape index (κ1) is 29.8. The lowest BCUT2D eigenvalue weighted by molar-refractivity contribution is -0.163. The lowest BCUT2D eigenvalue weighted by atomic mass is 9.98. The number of amides is 1. The van der Waals surface area contributed by atoms with Gasteiger partial charge in [-0.15, -0.1) is 0 Å². The van der Waals surface area contributed by atoms with Gasteiger partial charge in [-0.05, 0) is 48.7 Å². The Morgan fingerprint density at radius 3 is 2.33 bits per heavy atom.